The first kappa shape index (κ1) is 19.3. The van der Waals surface area contributed by atoms with Crippen LogP contribution in [-0.4, -0.2) is 14.7 Å². The van der Waals surface area contributed by atoms with Crippen LogP contribution < -0.4 is 5.56 Å². The summed E-state index contributed by atoms with van der Waals surface area (Å²) >= 11 is 6.13. The van der Waals surface area contributed by atoms with Gasteiger partial charge in [-0.25, -0.2) is 4.68 Å². The van der Waals surface area contributed by atoms with Crippen molar-refractivity contribution < 1.29 is 4.92 Å². The predicted molar refractivity (Wildman–Crippen MR) is 114 cm³/mol. The van der Waals surface area contributed by atoms with Crippen LogP contribution >= 0.6 is 11.6 Å². The van der Waals surface area contributed by atoms with E-state index >= 15 is 0 Å². The molecule has 0 amide bonds. The monoisotopic (exact) mass is 419 g/mol. The fourth-order valence-corrected chi connectivity index (χ4v) is 3.04. The lowest BCUT2D eigenvalue weighted by Crippen LogP contribution is -2.13. The Kier molecular flexibility index (Phi) is 5.23. The molecule has 8 nitrogen and oxygen atoms in total. The molecule has 0 aliphatic heterocycles. The van der Waals surface area contributed by atoms with Gasteiger partial charge >= 0.3 is 0 Å². The normalized spacial score (nSPS) is 11.1. The molecule has 1 aromatic heterocycles. The molecular weight excluding hydrogens is 406 g/mol. The third kappa shape index (κ3) is 3.76. The number of para-hydroxylation sites is 1. The molecule has 1 N–H and O–H groups in total. The fraction of sp³-hybridized carbons (Fsp3) is 0. The highest BCUT2D eigenvalue weighted by Gasteiger charge is 2.18. The average molecular weight is 420 g/mol. The Labute approximate surface area is 175 Å². The lowest BCUT2D eigenvalue weighted by molar-refractivity contribution is -0.384. The summed E-state index contributed by atoms with van der Waals surface area (Å²) < 4.78 is 1.34. The maximum atomic E-state index is 13.1. The number of H-pyrrole nitrogens is 1. The van der Waals surface area contributed by atoms with Gasteiger partial charge < -0.3 is 0 Å². The summed E-state index contributed by atoms with van der Waals surface area (Å²) in [7, 11) is 0. The molecule has 0 aliphatic rings. The highest BCUT2D eigenvalue weighted by Crippen LogP contribution is 2.31. The molecule has 0 bridgehead atoms. The number of hydrogen-bond acceptors (Lipinski definition) is 5. The van der Waals surface area contributed by atoms with E-state index < -0.39 is 10.5 Å². The maximum absolute atomic E-state index is 13.1. The fourth-order valence-electron chi connectivity index (χ4n) is 2.87. The van der Waals surface area contributed by atoms with E-state index in [1.54, 1.807) is 60.7 Å². The first-order valence-electron chi connectivity index (χ1n) is 8.86. The van der Waals surface area contributed by atoms with E-state index in [9.17, 15) is 14.9 Å². The van der Waals surface area contributed by atoms with Crippen molar-refractivity contribution in [3.8, 4) is 16.9 Å². The van der Waals surface area contributed by atoms with Crippen LogP contribution in [0.2, 0.25) is 5.02 Å². The first-order valence-corrected chi connectivity index (χ1v) is 9.24. The highest BCUT2D eigenvalue weighted by molar-refractivity contribution is 6.32. The first-order chi connectivity index (χ1) is 14.5. The minimum absolute atomic E-state index is 0.0529. The number of azo groups is 1. The molecule has 0 saturated carbocycles. The zero-order valence-electron chi connectivity index (χ0n) is 15.4. The Morgan fingerprint density at radius 2 is 1.57 bits per heavy atom. The summed E-state index contributed by atoms with van der Waals surface area (Å²) in [5.41, 5.74) is 1.57. The van der Waals surface area contributed by atoms with Gasteiger partial charge in [0.05, 0.1) is 21.3 Å². The molecule has 0 fully saturated rings. The van der Waals surface area contributed by atoms with Crippen LogP contribution in [0.5, 0.6) is 0 Å². The summed E-state index contributed by atoms with van der Waals surface area (Å²) in [5, 5.41) is 22.7. The van der Waals surface area contributed by atoms with Crippen LogP contribution in [0.4, 0.5) is 17.1 Å². The molecule has 30 heavy (non-hydrogen) atoms. The van der Waals surface area contributed by atoms with E-state index in [1.807, 2.05) is 6.07 Å². The number of nitro groups is 1. The smallest absolute Gasteiger partial charge is 0.288 e. The Balaban J connectivity index is 1.86. The minimum Gasteiger partial charge on any atom is -0.288 e. The number of nitrogens with one attached hydrogen (secondary N) is 1. The van der Waals surface area contributed by atoms with Crippen molar-refractivity contribution in [2.75, 3.05) is 0 Å². The van der Waals surface area contributed by atoms with Gasteiger partial charge in [0, 0.05) is 17.7 Å². The van der Waals surface area contributed by atoms with E-state index in [0.717, 1.165) is 0 Å². The second-order valence-electron chi connectivity index (χ2n) is 6.27. The number of rotatable bonds is 5. The quantitative estimate of drug-likeness (QED) is 0.250. The van der Waals surface area contributed by atoms with Crippen molar-refractivity contribution in [2.45, 2.75) is 0 Å². The number of aromatic amines is 1. The van der Waals surface area contributed by atoms with Gasteiger partial charge in [-0.05, 0) is 36.4 Å². The largest absolute Gasteiger partial charge is 0.299 e. The Morgan fingerprint density at radius 3 is 2.23 bits per heavy atom. The number of non-ortho nitro benzene ring substituents is 1. The number of benzene rings is 3. The Bertz CT molecular complexity index is 1290. The zero-order chi connectivity index (χ0) is 21.1. The maximum Gasteiger partial charge on any atom is 0.299 e. The van der Waals surface area contributed by atoms with Crippen LogP contribution in [0.3, 0.4) is 0 Å². The third-order valence-corrected chi connectivity index (χ3v) is 4.68. The van der Waals surface area contributed by atoms with Crippen molar-refractivity contribution >= 4 is 28.7 Å². The summed E-state index contributed by atoms with van der Waals surface area (Å²) in [5.74, 6) is 0. The zero-order valence-corrected chi connectivity index (χ0v) is 16.2. The SMILES string of the molecule is O=c1c(N=Nc2ccccc2Cl)c(-c2ccc([N+](=O)[O-])cc2)[nH]n1-c1ccccc1. The molecule has 148 valence electrons. The van der Waals surface area contributed by atoms with E-state index in [-0.39, 0.29) is 11.4 Å². The van der Waals surface area contributed by atoms with Gasteiger partial charge in [0.2, 0.25) is 0 Å². The van der Waals surface area contributed by atoms with E-state index in [2.05, 4.69) is 15.3 Å². The van der Waals surface area contributed by atoms with Gasteiger partial charge in [-0.2, -0.15) is 0 Å². The molecule has 9 heteroatoms. The molecule has 4 rings (SSSR count). The summed E-state index contributed by atoms with van der Waals surface area (Å²) in [4.78, 5) is 23.5. The molecule has 3 aromatic carbocycles. The van der Waals surface area contributed by atoms with E-state index in [0.29, 0.717) is 27.7 Å². The molecule has 0 unspecified atom stereocenters. The molecule has 0 saturated heterocycles. The topological polar surface area (TPSA) is 106 Å². The van der Waals surface area contributed by atoms with Crippen LogP contribution in [0, 0.1) is 10.1 Å². The second kappa shape index (κ2) is 8.14. The third-order valence-electron chi connectivity index (χ3n) is 4.36. The Morgan fingerprint density at radius 1 is 0.900 bits per heavy atom. The van der Waals surface area contributed by atoms with Crippen molar-refractivity contribution in [2.24, 2.45) is 10.2 Å². The molecule has 0 radical (unpaired) electrons. The molecule has 0 atom stereocenters. The van der Waals surface area contributed by atoms with Crippen molar-refractivity contribution in [1.29, 1.82) is 0 Å². The average Bonchev–Trinajstić information content (AvgIpc) is 3.10. The second-order valence-corrected chi connectivity index (χ2v) is 6.67. The van der Waals surface area contributed by atoms with Gasteiger partial charge in [0.1, 0.15) is 5.69 Å². The molecule has 0 spiro atoms. The predicted octanol–water partition coefficient (Wildman–Crippen LogP) is 5.81. The standard InChI is InChI=1S/C21H14ClN5O3/c22-17-8-4-5-9-18(17)23-24-20-19(14-10-12-16(13-11-14)27(29)30)25-26(21(20)28)15-6-2-1-3-7-15/h1-13,25H. The number of nitro benzene ring substituents is 1. The summed E-state index contributed by atoms with van der Waals surface area (Å²) in [6.07, 6.45) is 0. The minimum atomic E-state index is -0.486. The van der Waals surface area contributed by atoms with Crippen LogP contribution in [0.15, 0.2) is 93.9 Å². The van der Waals surface area contributed by atoms with Crippen LogP contribution in [0.1, 0.15) is 0 Å². The van der Waals surface area contributed by atoms with Crippen molar-refractivity contribution in [3.63, 3.8) is 0 Å². The van der Waals surface area contributed by atoms with E-state index in [4.69, 9.17) is 11.6 Å². The van der Waals surface area contributed by atoms with Crippen molar-refractivity contribution in [1.82, 2.24) is 9.78 Å². The lowest BCUT2D eigenvalue weighted by Gasteiger charge is -2.01. The van der Waals surface area contributed by atoms with Gasteiger partial charge in [0.25, 0.3) is 11.2 Å². The number of aromatic nitrogens is 2. The van der Waals surface area contributed by atoms with Gasteiger partial charge in [-0.3, -0.25) is 20.0 Å². The molecule has 4 aromatic rings. The van der Waals surface area contributed by atoms with E-state index in [1.165, 1.54) is 16.8 Å². The molecular formula is C21H14ClN5O3. The van der Waals surface area contributed by atoms with Gasteiger partial charge in [-0.15, -0.1) is 10.2 Å². The Hall–Kier alpha value is -4.04. The van der Waals surface area contributed by atoms with Crippen molar-refractivity contribution in [3.05, 3.63) is 104 Å². The number of halogens is 1. The summed E-state index contributed by atoms with van der Waals surface area (Å²) in [6, 6.07) is 21.7. The van der Waals surface area contributed by atoms with Gasteiger partial charge in [-0.1, -0.05) is 41.9 Å². The summed E-state index contributed by atoms with van der Waals surface area (Å²) in [6.45, 7) is 0. The molecule has 0 aliphatic carbocycles. The van der Waals surface area contributed by atoms with Crippen LogP contribution in [-0.2, 0) is 0 Å². The lowest BCUT2D eigenvalue weighted by atomic mass is 10.1. The van der Waals surface area contributed by atoms with Gasteiger partial charge in [0.15, 0.2) is 5.69 Å². The van der Waals surface area contributed by atoms with Crippen LogP contribution in [0.25, 0.3) is 16.9 Å². The number of hydrogen-bond donors (Lipinski definition) is 1. The molecule has 1 heterocycles. The highest BCUT2D eigenvalue weighted by atomic mass is 35.5. The number of nitrogens with zero attached hydrogens (tertiary/aromatic N) is 4.